The van der Waals surface area contributed by atoms with Crippen LogP contribution in [0.3, 0.4) is 0 Å². The Hall–Kier alpha value is -1.32. The number of unbranched alkanes of at least 4 members (excludes halogenated alkanes) is 2. The second kappa shape index (κ2) is 7.04. The minimum atomic E-state index is 0.0177. The Balaban J connectivity index is 2.36. The zero-order valence-corrected chi connectivity index (χ0v) is 10.1. The smallest absolute Gasteiger partial charge is 0.220 e. The summed E-state index contributed by atoms with van der Waals surface area (Å²) in [5.74, 6) is 0.961. The maximum atomic E-state index is 11.6. The highest BCUT2D eigenvalue weighted by Crippen LogP contribution is 2.11. The molecule has 0 aliphatic carbocycles. The van der Waals surface area contributed by atoms with Crippen molar-refractivity contribution in [3.63, 3.8) is 0 Å². The first-order valence-corrected chi connectivity index (χ1v) is 6.06. The Morgan fingerprint density at radius 3 is 2.88 bits per heavy atom. The monoisotopic (exact) mass is 223 g/mol. The van der Waals surface area contributed by atoms with Crippen molar-refractivity contribution in [3.8, 4) is 0 Å². The van der Waals surface area contributed by atoms with Crippen molar-refractivity contribution in [3.05, 3.63) is 18.2 Å². The van der Waals surface area contributed by atoms with Gasteiger partial charge >= 0.3 is 0 Å². The second-order valence-electron chi connectivity index (χ2n) is 3.96. The number of nitrogens with one attached hydrogen (secondary N) is 2. The van der Waals surface area contributed by atoms with Gasteiger partial charge in [-0.3, -0.25) is 4.79 Å². The molecule has 16 heavy (non-hydrogen) atoms. The Labute approximate surface area is 96.9 Å². The molecule has 1 atom stereocenters. The van der Waals surface area contributed by atoms with E-state index in [1.807, 2.05) is 6.92 Å². The standard InChI is InChI=1S/C12H21N3O/c1-3-5-6-7-11(16)15-10(4-2)12-13-8-9-14-12/h8-10H,3-7H2,1-2H3,(H,13,14)(H,15,16). The van der Waals surface area contributed by atoms with Crippen molar-refractivity contribution in [1.29, 1.82) is 0 Å². The van der Waals surface area contributed by atoms with Crippen molar-refractivity contribution in [2.24, 2.45) is 0 Å². The van der Waals surface area contributed by atoms with Crippen LogP contribution in [0.1, 0.15) is 57.8 Å². The number of aromatic amines is 1. The number of nitrogens with zero attached hydrogens (tertiary/aromatic N) is 1. The summed E-state index contributed by atoms with van der Waals surface area (Å²) in [5, 5.41) is 3.00. The van der Waals surface area contributed by atoms with E-state index in [0.29, 0.717) is 6.42 Å². The third-order valence-corrected chi connectivity index (χ3v) is 2.60. The lowest BCUT2D eigenvalue weighted by Gasteiger charge is -2.14. The highest BCUT2D eigenvalue weighted by Gasteiger charge is 2.13. The maximum absolute atomic E-state index is 11.6. The lowest BCUT2D eigenvalue weighted by Crippen LogP contribution is -2.28. The fraction of sp³-hybridized carbons (Fsp3) is 0.667. The fourth-order valence-corrected chi connectivity index (χ4v) is 1.63. The van der Waals surface area contributed by atoms with Crippen LogP contribution in [-0.2, 0) is 4.79 Å². The minimum Gasteiger partial charge on any atom is -0.347 e. The highest BCUT2D eigenvalue weighted by molar-refractivity contribution is 5.76. The fourth-order valence-electron chi connectivity index (χ4n) is 1.63. The lowest BCUT2D eigenvalue weighted by atomic mass is 10.1. The van der Waals surface area contributed by atoms with Gasteiger partial charge in [0.05, 0.1) is 6.04 Å². The van der Waals surface area contributed by atoms with E-state index in [9.17, 15) is 4.79 Å². The van der Waals surface area contributed by atoms with Crippen molar-refractivity contribution >= 4 is 5.91 Å². The number of aromatic nitrogens is 2. The van der Waals surface area contributed by atoms with Gasteiger partial charge in [-0.2, -0.15) is 0 Å². The lowest BCUT2D eigenvalue weighted by molar-refractivity contribution is -0.122. The van der Waals surface area contributed by atoms with Crippen LogP contribution < -0.4 is 5.32 Å². The summed E-state index contributed by atoms with van der Waals surface area (Å²) in [7, 11) is 0. The number of rotatable bonds is 7. The number of carbonyl (C=O) groups excluding carboxylic acids is 1. The molecule has 1 unspecified atom stereocenters. The molecule has 0 fully saturated rings. The largest absolute Gasteiger partial charge is 0.347 e. The van der Waals surface area contributed by atoms with Crippen LogP contribution in [0.5, 0.6) is 0 Å². The Morgan fingerprint density at radius 1 is 1.50 bits per heavy atom. The molecule has 4 nitrogen and oxygen atoms in total. The minimum absolute atomic E-state index is 0.0177. The Kier molecular flexibility index (Phi) is 5.61. The normalized spacial score (nSPS) is 12.4. The van der Waals surface area contributed by atoms with E-state index in [2.05, 4.69) is 22.2 Å². The average molecular weight is 223 g/mol. The van der Waals surface area contributed by atoms with Gasteiger partial charge in [0.15, 0.2) is 0 Å². The molecule has 0 aliphatic heterocycles. The second-order valence-corrected chi connectivity index (χ2v) is 3.96. The van der Waals surface area contributed by atoms with E-state index in [-0.39, 0.29) is 11.9 Å². The molecule has 0 spiro atoms. The van der Waals surface area contributed by atoms with Crippen LogP contribution in [0.2, 0.25) is 0 Å². The van der Waals surface area contributed by atoms with Gasteiger partial charge in [0, 0.05) is 18.8 Å². The van der Waals surface area contributed by atoms with Gasteiger partial charge in [0.1, 0.15) is 5.82 Å². The zero-order valence-electron chi connectivity index (χ0n) is 10.1. The van der Waals surface area contributed by atoms with Gasteiger partial charge in [0.25, 0.3) is 0 Å². The molecule has 0 saturated carbocycles. The summed E-state index contributed by atoms with van der Waals surface area (Å²) in [6.07, 6.45) is 8.19. The first-order chi connectivity index (χ1) is 7.77. The van der Waals surface area contributed by atoms with Crippen LogP contribution in [-0.4, -0.2) is 15.9 Å². The topological polar surface area (TPSA) is 57.8 Å². The SMILES string of the molecule is CCCCCC(=O)NC(CC)c1ncc[nH]1. The van der Waals surface area contributed by atoms with Gasteiger partial charge in [-0.1, -0.05) is 26.7 Å². The van der Waals surface area contributed by atoms with Crippen LogP contribution in [0, 0.1) is 0 Å². The molecule has 2 N–H and O–H groups in total. The number of carbonyl (C=O) groups is 1. The van der Waals surface area contributed by atoms with Gasteiger partial charge in [-0.25, -0.2) is 4.98 Å². The van der Waals surface area contributed by atoms with Gasteiger partial charge in [0.2, 0.25) is 5.91 Å². The van der Waals surface area contributed by atoms with E-state index in [4.69, 9.17) is 0 Å². The first-order valence-electron chi connectivity index (χ1n) is 6.06. The number of amides is 1. The predicted octanol–water partition coefficient (Wildman–Crippen LogP) is 2.56. The van der Waals surface area contributed by atoms with E-state index in [1.165, 1.54) is 0 Å². The molecule has 1 aromatic rings. The molecule has 0 radical (unpaired) electrons. The summed E-state index contributed by atoms with van der Waals surface area (Å²) in [6, 6.07) is 0.0177. The molecule has 90 valence electrons. The van der Waals surface area contributed by atoms with Crippen LogP contribution in [0.4, 0.5) is 0 Å². The third-order valence-electron chi connectivity index (χ3n) is 2.60. The number of H-pyrrole nitrogens is 1. The Bertz CT molecular complexity index is 295. The van der Waals surface area contributed by atoms with Crippen molar-refractivity contribution in [2.75, 3.05) is 0 Å². The quantitative estimate of drug-likeness (QED) is 0.698. The van der Waals surface area contributed by atoms with Gasteiger partial charge in [-0.05, 0) is 12.8 Å². The van der Waals surface area contributed by atoms with Crippen LogP contribution >= 0.6 is 0 Å². The molecule has 0 aromatic carbocycles. The molecule has 0 aliphatic rings. The summed E-state index contributed by atoms with van der Waals surface area (Å²) < 4.78 is 0. The van der Waals surface area contributed by atoms with Crippen molar-refractivity contribution in [2.45, 2.75) is 52.0 Å². The van der Waals surface area contributed by atoms with E-state index < -0.39 is 0 Å². The van der Waals surface area contributed by atoms with Crippen molar-refractivity contribution < 1.29 is 4.79 Å². The molecular formula is C12H21N3O. The maximum Gasteiger partial charge on any atom is 0.220 e. The highest BCUT2D eigenvalue weighted by atomic mass is 16.1. The van der Waals surface area contributed by atoms with E-state index >= 15 is 0 Å². The molecule has 4 heteroatoms. The van der Waals surface area contributed by atoms with Crippen LogP contribution in [0.15, 0.2) is 12.4 Å². The summed E-state index contributed by atoms with van der Waals surface area (Å²) in [4.78, 5) is 18.8. The number of imidazole rings is 1. The van der Waals surface area contributed by atoms with Gasteiger partial charge < -0.3 is 10.3 Å². The molecule has 0 bridgehead atoms. The van der Waals surface area contributed by atoms with E-state index in [0.717, 1.165) is 31.5 Å². The molecule has 1 heterocycles. The Morgan fingerprint density at radius 2 is 2.31 bits per heavy atom. The molecule has 1 aromatic heterocycles. The molecule has 0 saturated heterocycles. The van der Waals surface area contributed by atoms with E-state index in [1.54, 1.807) is 12.4 Å². The first kappa shape index (κ1) is 12.7. The van der Waals surface area contributed by atoms with Gasteiger partial charge in [-0.15, -0.1) is 0 Å². The number of hydrogen-bond acceptors (Lipinski definition) is 2. The van der Waals surface area contributed by atoms with Crippen molar-refractivity contribution in [1.82, 2.24) is 15.3 Å². The molecule has 1 amide bonds. The van der Waals surface area contributed by atoms with Crippen LogP contribution in [0.25, 0.3) is 0 Å². The number of hydrogen-bond donors (Lipinski definition) is 2. The summed E-state index contributed by atoms with van der Waals surface area (Å²) >= 11 is 0. The summed E-state index contributed by atoms with van der Waals surface area (Å²) in [6.45, 7) is 4.18. The summed E-state index contributed by atoms with van der Waals surface area (Å²) in [5.41, 5.74) is 0. The average Bonchev–Trinajstić information content (AvgIpc) is 2.79. The zero-order chi connectivity index (χ0) is 11.8. The molecular weight excluding hydrogens is 202 g/mol. The predicted molar refractivity (Wildman–Crippen MR) is 63.9 cm³/mol. The molecule has 1 rings (SSSR count). The third kappa shape index (κ3) is 4.04.